The van der Waals surface area contributed by atoms with Gasteiger partial charge in [0.1, 0.15) is 30.4 Å². The summed E-state index contributed by atoms with van der Waals surface area (Å²) in [4.78, 5) is 75.3. The van der Waals surface area contributed by atoms with Crippen LogP contribution in [0.1, 0.15) is 44.2 Å². The summed E-state index contributed by atoms with van der Waals surface area (Å²) in [7, 11) is 0. The van der Waals surface area contributed by atoms with Crippen LogP contribution in [0.15, 0.2) is 54.6 Å². The van der Waals surface area contributed by atoms with Gasteiger partial charge >= 0.3 is 5.97 Å². The first-order valence-corrected chi connectivity index (χ1v) is 14.5. The molecule has 4 atom stereocenters. The molecule has 0 aliphatic carbocycles. The number of nitrogens with one attached hydrogen (secondary N) is 4. The number of primary amides is 1. The van der Waals surface area contributed by atoms with Crippen molar-refractivity contribution >= 4 is 35.5 Å². The molecule has 0 aliphatic heterocycles. The lowest BCUT2D eigenvalue weighted by atomic mass is 10.0. The number of nitrogens with two attached hydrogens (primary N) is 2. The third-order valence-corrected chi connectivity index (χ3v) is 6.71. The van der Waals surface area contributed by atoms with Crippen LogP contribution in [0.2, 0.25) is 0 Å². The number of carboxylic acid groups (broad SMARTS) is 1. The molecule has 10 N–H and O–H groups in total. The van der Waals surface area contributed by atoms with Gasteiger partial charge in [-0.25, -0.2) is 0 Å². The number of hydrogen-bond acceptors (Lipinski definition) is 8. The number of phenols is 1. The Morgan fingerprint density at radius 3 is 1.76 bits per heavy atom. The molecule has 14 nitrogen and oxygen atoms in total. The molecule has 14 heteroatoms. The van der Waals surface area contributed by atoms with E-state index in [0.717, 1.165) is 0 Å². The van der Waals surface area contributed by atoms with Crippen molar-refractivity contribution in [1.82, 2.24) is 21.3 Å². The number of phenolic OH excluding ortho intramolecular Hbond substituents is 1. The molecular formula is C31H42N6O8. The highest BCUT2D eigenvalue weighted by Crippen LogP contribution is 2.13. The molecule has 0 radical (unpaired) electrons. The van der Waals surface area contributed by atoms with Crippen molar-refractivity contribution in [3.05, 3.63) is 65.7 Å². The van der Waals surface area contributed by atoms with E-state index in [2.05, 4.69) is 21.3 Å². The van der Waals surface area contributed by atoms with E-state index in [1.54, 1.807) is 42.5 Å². The van der Waals surface area contributed by atoms with Crippen molar-refractivity contribution < 1.29 is 39.0 Å². The van der Waals surface area contributed by atoms with Gasteiger partial charge in [-0.1, -0.05) is 56.3 Å². The predicted molar refractivity (Wildman–Crippen MR) is 164 cm³/mol. The van der Waals surface area contributed by atoms with Crippen LogP contribution in [0.25, 0.3) is 0 Å². The summed E-state index contributed by atoms with van der Waals surface area (Å²) in [5.74, 6) is -4.84. The maximum Gasteiger partial charge on any atom is 0.322 e. The standard InChI is InChI=1S/C31H42N6O8/c1-18(2)14-22(32)28(42)36-24(16-20-8-10-21(38)11-9-20)31(45)37-25(15-19-6-4-3-5-7-19)30(44)35-23(12-13-26(33)39)29(43)34-17-27(40)41/h3-11,18,22-25,38H,12-17,32H2,1-2H3,(H2,33,39)(H,34,43)(H,35,44)(H,36,42)(H,37,45)(H,40,41)/t22-,23-,24-,25-/m0/s1. The SMILES string of the molecule is CC(C)C[C@H](N)C(=O)N[C@@H](Cc1ccc(O)cc1)C(=O)N[C@@H](Cc1ccccc1)C(=O)N[C@@H](CCC(N)=O)C(=O)NCC(=O)O. The van der Waals surface area contributed by atoms with E-state index in [4.69, 9.17) is 16.6 Å². The molecule has 5 amide bonds. The van der Waals surface area contributed by atoms with Crippen molar-refractivity contribution in [1.29, 1.82) is 0 Å². The molecule has 244 valence electrons. The summed E-state index contributed by atoms with van der Waals surface area (Å²) < 4.78 is 0. The number of aromatic hydroxyl groups is 1. The number of rotatable bonds is 18. The molecule has 2 aromatic rings. The molecule has 0 heterocycles. The third-order valence-electron chi connectivity index (χ3n) is 6.71. The second-order valence-electron chi connectivity index (χ2n) is 11.1. The summed E-state index contributed by atoms with van der Waals surface area (Å²) in [5, 5.41) is 28.6. The molecule has 2 aromatic carbocycles. The van der Waals surface area contributed by atoms with E-state index < -0.39 is 66.2 Å². The molecular weight excluding hydrogens is 584 g/mol. The van der Waals surface area contributed by atoms with E-state index in [-0.39, 0.29) is 37.4 Å². The molecule has 0 unspecified atom stereocenters. The largest absolute Gasteiger partial charge is 0.508 e. The van der Waals surface area contributed by atoms with Gasteiger partial charge in [0.25, 0.3) is 0 Å². The first-order chi connectivity index (χ1) is 21.2. The Morgan fingerprint density at radius 1 is 0.733 bits per heavy atom. The van der Waals surface area contributed by atoms with Crippen LogP contribution in [-0.4, -0.2) is 76.4 Å². The number of carbonyl (C=O) groups excluding carboxylic acids is 5. The second-order valence-corrected chi connectivity index (χ2v) is 11.1. The summed E-state index contributed by atoms with van der Waals surface area (Å²) in [6, 6.07) is 10.1. The number of carbonyl (C=O) groups is 6. The van der Waals surface area contributed by atoms with Gasteiger partial charge in [-0.3, -0.25) is 28.8 Å². The number of benzene rings is 2. The van der Waals surface area contributed by atoms with Crippen LogP contribution >= 0.6 is 0 Å². The first kappa shape index (κ1) is 36.2. The number of hydrogen-bond donors (Lipinski definition) is 8. The third kappa shape index (κ3) is 13.5. The van der Waals surface area contributed by atoms with Crippen LogP contribution in [0, 0.1) is 5.92 Å². The Hall–Kier alpha value is -4.98. The fourth-order valence-corrected chi connectivity index (χ4v) is 4.42. The van der Waals surface area contributed by atoms with Gasteiger partial charge in [0, 0.05) is 19.3 Å². The van der Waals surface area contributed by atoms with E-state index >= 15 is 0 Å². The molecule has 0 aliphatic rings. The zero-order valence-electron chi connectivity index (χ0n) is 25.3. The molecule has 0 saturated carbocycles. The molecule has 45 heavy (non-hydrogen) atoms. The fourth-order valence-electron chi connectivity index (χ4n) is 4.42. The van der Waals surface area contributed by atoms with Gasteiger partial charge in [0.2, 0.25) is 29.5 Å². The fraction of sp³-hybridized carbons (Fsp3) is 0.419. The maximum absolute atomic E-state index is 13.7. The van der Waals surface area contributed by atoms with Gasteiger partial charge in [0.05, 0.1) is 6.04 Å². The molecule has 0 bridgehead atoms. The van der Waals surface area contributed by atoms with Gasteiger partial charge in [-0.05, 0) is 42.0 Å². The highest BCUT2D eigenvalue weighted by atomic mass is 16.4. The molecule has 0 saturated heterocycles. The average Bonchev–Trinajstić information content (AvgIpc) is 2.98. The van der Waals surface area contributed by atoms with Gasteiger partial charge < -0.3 is 42.9 Å². The van der Waals surface area contributed by atoms with E-state index in [0.29, 0.717) is 17.5 Å². The van der Waals surface area contributed by atoms with E-state index in [9.17, 15) is 33.9 Å². The van der Waals surface area contributed by atoms with Crippen LogP contribution in [-0.2, 0) is 41.6 Å². The monoisotopic (exact) mass is 626 g/mol. The Bertz CT molecular complexity index is 1320. The Balaban J connectivity index is 2.35. The lowest BCUT2D eigenvalue weighted by molar-refractivity contribution is -0.138. The van der Waals surface area contributed by atoms with Gasteiger partial charge in [-0.15, -0.1) is 0 Å². The van der Waals surface area contributed by atoms with Crippen LogP contribution in [0.5, 0.6) is 5.75 Å². The average molecular weight is 627 g/mol. The first-order valence-electron chi connectivity index (χ1n) is 14.5. The van der Waals surface area contributed by atoms with Crippen molar-refractivity contribution in [3.63, 3.8) is 0 Å². The summed E-state index contributed by atoms with van der Waals surface area (Å²) in [5.41, 5.74) is 12.6. The Kier molecular flexibility index (Phi) is 14.5. The number of amides is 5. The Morgan fingerprint density at radius 2 is 1.24 bits per heavy atom. The zero-order valence-corrected chi connectivity index (χ0v) is 25.3. The lowest BCUT2D eigenvalue weighted by Gasteiger charge is -2.26. The normalized spacial score (nSPS) is 13.5. The van der Waals surface area contributed by atoms with Crippen molar-refractivity contribution in [3.8, 4) is 5.75 Å². The number of aliphatic carboxylic acids is 1. The summed E-state index contributed by atoms with van der Waals surface area (Å²) in [6.07, 6.45) is -0.130. The maximum atomic E-state index is 13.7. The molecule has 2 rings (SSSR count). The van der Waals surface area contributed by atoms with Crippen molar-refractivity contribution in [2.24, 2.45) is 17.4 Å². The second kappa shape index (κ2) is 18.0. The topological polar surface area (TPSA) is 243 Å². The summed E-state index contributed by atoms with van der Waals surface area (Å²) in [6.45, 7) is 3.09. The summed E-state index contributed by atoms with van der Waals surface area (Å²) >= 11 is 0. The van der Waals surface area contributed by atoms with Crippen molar-refractivity contribution in [2.75, 3.05) is 6.54 Å². The number of carboxylic acids is 1. The minimum Gasteiger partial charge on any atom is -0.508 e. The Labute approximate surface area is 261 Å². The van der Waals surface area contributed by atoms with Gasteiger partial charge in [-0.2, -0.15) is 0 Å². The lowest BCUT2D eigenvalue weighted by Crippen LogP contribution is -2.59. The molecule has 0 spiro atoms. The van der Waals surface area contributed by atoms with Crippen LogP contribution in [0.4, 0.5) is 0 Å². The molecule has 0 aromatic heterocycles. The highest BCUT2D eigenvalue weighted by molar-refractivity contribution is 5.95. The van der Waals surface area contributed by atoms with E-state index in [1.165, 1.54) is 12.1 Å². The van der Waals surface area contributed by atoms with Crippen molar-refractivity contribution in [2.45, 2.75) is 70.1 Å². The van der Waals surface area contributed by atoms with Gasteiger partial charge in [0.15, 0.2) is 0 Å². The minimum absolute atomic E-state index is 0.00472. The minimum atomic E-state index is -1.33. The van der Waals surface area contributed by atoms with Crippen LogP contribution in [0.3, 0.4) is 0 Å². The predicted octanol–water partition coefficient (Wildman–Crippen LogP) is -0.528. The molecule has 0 fully saturated rings. The van der Waals surface area contributed by atoms with Crippen LogP contribution < -0.4 is 32.7 Å². The smallest absolute Gasteiger partial charge is 0.322 e. The highest BCUT2D eigenvalue weighted by Gasteiger charge is 2.31. The zero-order chi connectivity index (χ0) is 33.5. The van der Waals surface area contributed by atoms with E-state index in [1.807, 2.05) is 13.8 Å². The quantitative estimate of drug-likeness (QED) is 0.106.